The average Bonchev–Trinajstić information content (AvgIpc) is 3.04. The summed E-state index contributed by atoms with van der Waals surface area (Å²) in [6, 6.07) is 9.42. The second-order valence-corrected chi connectivity index (χ2v) is 8.49. The van der Waals surface area contributed by atoms with Crippen molar-refractivity contribution < 1.29 is 8.42 Å². The molecule has 1 aromatic carbocycles. The summed E-state index contributed by atoms with van der Waals surface area (Å²) in [4.78, 5) is 4.61. The number of hydrogen-bond acceptors (Lipinski definition) is 3. The van der Waals surface area contributed by atoms with E-state index < -0.39 is 10.0 Å². The van der Waals surface area contributed by atoms with Gasteiger partial charge in [-0.2, -0.15) is 0 Å². The first-order valence-electron chi connectivity index (χ1n) is 7.60. The van der Waals surface area contributed by atoms with Crippen molar-refractivity contribution in [1.82, 2.24) is 9.38 Å². The van der Waals surface area contributed by atoms with Crippen LogP contribution in [0, 0.1) is 0 Å². The molecule has 0 N–H and O–H groups in total. The molecule has 0 fully saturated rings. The van der Waals surface area contributed by atoms with Crippen molar-refractivity contribution in [3.8, 4) is 11.3 Å². The van der Waals surface area contributed by atoms with E-state index in [1.54, 1.807) is 0 Å². The van der Waals surface area contributed by atoms with Crippen LogP contribution >= 0.6 is 11.6 Å². The van der Waals surface area contributed by atoms with Crippen molar-refractivity contribution in [3.63, 3.8) is 0 Å². The second kappa shape index (κ2) is 5.22. The predicted molar refractivity (Wildman–Crippen MR) is 96.1 cm³/mol. The van der Waals surface area contributed by atoms with E-state index in [-0.39, 0.29) is 6.04 Å². The average molecular weight is 362 g/mol. The van der Waals surface area contributed by atoms with Crippen LogP contribution in [0.3, 0.4) is 0 Å². The lowest BCUT2D eigenvalue weighted by atomic mass is 10.1. The summed E-state index contributed by atoms with van der Waals surface area (Å²) in [5.74, 6) is 0. The molecule has 1 unspecified atom stereocenters. The zero-order chi connectivity index (χ0) is 17.1. The maximum absolute atomic E-state index is 12.0. The number of aromatic nitrogens is 2. The molecule has 1 atom stereocenters. The van der Waals surface area contributed by atoms with Crippen LogP contribution in [-0.4, -0.2) is 30.1 Å². The van der Waals surface area contributed by atoms with Crippen molar-refractivity contribution in [2.75, 3.05) is 10.6 Å². The van der Waals surface area contributed by atoms with E-state index in [4.69, 9.17) is 11.6 Å². The molecule has 0 saturated heterocycles. The first-order chi connectivity index (χ1) is 11.3. The molecule has 0 bridgehead atoms. The monoisotopic (exact) mass is 361 g/mol. The molecular formula is C17H16ClN3O2S. The minimum absolute atomic E-state index is 0.0647. The summed E-state index contributed by atoms with van der Waals surface area (Å²) in [6.45, 7) is 1.92. The standard InChI is InChI=1S/C17H16ClN3O2S/c1-11-7-13-8-12(3-5-16(13)21(11)24(2,22)23)15-10-20-9-14(18)4-6-17(20)19-15/h3-6,8-11H,7H2,1-2H3. The lowest BCUT2D eigenvalue weighted by molar-refractivity contribution is 0.590. The maximum Gasteiger partial charge on any atom is 0.232 e. The summed E-state index contributed by atoms with van der Waals surface area (Å²) in [5.41, 5.74) is 4.42. The van der Waals surface area contributed by atoms with Crippen LogP contribution in [0.1, 0.15) is 12.5 Å². The number of hydrogen-bond donors (Lipinski definition) is 0. The van der Waals surface area contributed by atoms with Gasteiger partial charge in [-0.1, -0.05) is 17.7 Å². The molecule has 0 radical (unpaired) electrons. The van der Waals surface area contributed by atoms with E-state index >= 15 is 0 Å². The fourth-order valence-electron chi connectivity index (χ4n) is 3.37. The Morgan fingerprint density at radius 3 is 2.75 bits per heavy atom. The van der Waals surface area contributed by atoms with Gasteiger partial charge in [0, 0.05) is 24.0 Å². The minimum atomic E-state index is -3.27. The fourth-order valence-corrected chi connectivity index (χ4v) is 4.80. The normalized spacial score (nSPS) is 17.5. The zero-order valence-electron chi connectivity index (χ0n) is 13.3. The number of sulfonamides is 1. The molecule has 24 heavy (non-hydrogen) atoms. The summed E-state index contributed by atoms with van der Waals surface area (Å²) < 4.78 is 27.4. The highest BCUT2D eigenvalue weighted by Gasteiger charge is 2.32. The molecule has 2 aromatic heterocycles. The number of rotatable bonds is 2. The van der Waals surface area contributed by atoms with Crippen molar-refractivity contribution >= 4 is 33.0 Å². The maximum atomic E-state index is 12.0. The highest BCUT2D eigenvalue weighted by Crippen LogP contribution is 2.36. The molecule has 124 valence electrons. The molecule has 0 spiro atoms. The molecule has 7 heteroatoms. The third-order valence-corrected chi connectivity index (χ3v) is 5.80. The lowest BCUT2D eigenvalue weighted by Crippen LogP contribution is -2.34. The highest BCUT2D eigenvalue weighted by molar-refractivity contribution is 7.92. The molecule has 1 aliphatic rings. The second-order valence-electron chi connectivity index (χ2n) is 6.19. The van der Waals surface area contributed by atoms with E-state index in [9.17, 15) is 8.42 Å². The van der Waals surface area contributed by atoms with Crippen LogP contribution in [0.5, 0.6) is 0 Å². The van der Waals surface area contributed by atoms with Crippen LogP contribution in [0.15, 0.2) is 42.7 Å². The van der Waals surface area contributed by atoms with Gasteiger partial charge in [-0.3, -0.25) is 4.31 Å². The van der Waals surface area contributed by atoms with Crippen LogP contribution in [-0.2, 0) is 16.4 Å². The van der Waals surface area contributed by atoms with Crippen molar-refractivity contribution in [2.45, 2.75) is 19.4 Å². The number of nitrogens with zero attached hydrogens (tertiary/aromatic N) is 3. The van der Waals surface area contributed by atoms with Crippen molar-refractivity contribution in [1.29, 1.82) is 0 Å². The molecule has 3 heterocycles. The van der Waals surface area contributed by atoms with Gasteiger partial charge in [0.1, 0.15) is 5.65 Å². The van der Waals surface area contributed by atoms with E-state index in [0.29, 0.717) is 11.4 Å². The summed E-state index contributed by atoms with van der Waals surface area (Å²) in [7, 11) is -3.27. The van der Waals surface area contributed by atoms with E-state index in [1.807, 2.05) is 54.0 Å². The number of halogens is 1. The first-order valence-corrected chi connectivity index (χ1v) is 9.82. The van der Waals surface area contributed by atoms with Crippen LogP contribution in [0.4, 0.5) is 5.69 Å². The molecule has 1 aliphatic heterocycles. The van der Waals surface area contributed by atoms with Crippen LogP contribution < -0.4 is 4.31 Å². The largest absolute Gasteiger partial charge is 0.305 e. The van der Waals surface area contributed by atoms with E-state index in [1.165, 1.54) is 10.6 Å². The van der Waals surface area contributed by atoms with Gasteiger partial charge in [-0.25, -0.2) is 13.4 Å². The molecule has 4 rings (SSSR count). The highest BCUT2D eigenvalue weighted by atomic mass is 35.5. The zero-order valence-corrected chi connectivity index (χ0v) is 14.8. The Balaban J connectivity index is 1.80. The molecule has 0 amide bonds. The third-order valence-electron chi connectivity index (χ3n) is 4.30. The van der Waals surface area contributed by atoms with Gasteiger partial charge in [-0.05, 0) is 43.2 Å². The van der Waals surface area contributed by atoms with Gasteiger partial charge in [-0.15, -0.1) is 0 Å². The van der Waals surface area contributed by atoms with Crippen molar-refractivity contribution in [3.05, 3.63) is 53.3 Å². The Hall–Kier alpha value is -2.05. The predicted octanol–water partition coefficient (Wildman–Crippen LogP) is 3.37. The number of fused-ring (bicyclic) bond motifs is 2. The smallest absolute Gasteiger partial charge is 0.232 e. The third kappa shape index (κ3) is 2.46. The first kappa shape index (κ1) is 15.5. The lowest BCUT2D eigenvalue weighted by Gasteiger charge is -2.21. The van der Waals surface area contributed by atoms with E-state index in [0.717, 1.165) is 28.2 Å². The van der Waals surface area contributed by atoms with Gasteiger partial charge in [0.05, 0.1) is 22.7 Å². The summed E-state index contributed by atoms with van der Waals surface area (Å²) in [6.07, 6.45) is 5.69. The van der Waals surface area contributed by atoms with Gasteiger partial charge in [0.2, 0.25) is 10.0 Å². The van der Waals surface area contributed by atoms with E-state index in [2.05, 4.69) is 4.98 Å². The van der Waals surface area contributed by atoms with Crippen molar-refractivity contribution in [2.24, 2.45) is 0 Å². The Morgan fingerprint density at radius 1 is 1.21 bits per heavy atom. The SMILES string of the molecule is CC1Cc2cc(-c3cn4cc(Cl)ccc4n3)ccc2N1S(C)(=O)=O. The van der Waals surface area contributed by atoms with Gasteiger partial charge < -0.3 is 4.40 Å². The topological polar surface area (TPSA) is 54.7 Å². The minimum Gasteiger partial charge on any atom is -0.305 e. The molecule has 3 aromatic rings. The molecule has 0 aliphatic carbocycles. The van der Waals surface area contributed by atoms with Gasteiger partial charge >= 0.3 is 0 Å². The van der Waals surface area contributed by atoms with Crippen LogP contribution in [0.2, 0.25) is 5.02 Å². The molecular weight excluding hydrogens is 346 g/mol. The Kier molecular flexibility index (Phi) is 3.37. The Morgan fingerprint density at radius 2 is 2.00 bits per heavy atom. The molecule has 5 nitrogen and oxygen atoms in total. The summed E-state index contributed by atoms with van der Waals surface area (Å²) >= 11 is 6.01. The van der Waals surface area contributed by atoms with Gasteiger partial charge in [0.15, 0.2) is 0 Å². The Labute approximate surface area is 145 Å². The number of imidazole rings is 1. The number of benzene rings is 1. The number of anilines is 1. The Bertz CT molecular complexity index is 1060. The fraction of sp³-hybridized carbons (Fsp3) is 0.235. The molecule has 0 saturated carbocycles. The number of pyridine rings is 1. The van der Waals surface area contributed by atoms with Crippen LogP contribution in [0.25, 0.3) is 16.9 Å². The summed E-state index contributed by atoms with van der Waals surface area (Å²) in [5, 5.41) is 0.651. The quantitative estimate of drug-likeness (QED) is 0.703. The van der Waals surface area contributed by atoms with Gasteiger partial charge in [0.25, 0.3) is 0 Å².